The van der Waals surface area contributed by atoms with Gasteiger partial charge in [0, 0.05) is 12.4 Å². The molecule has 2 nitrogen and oxygen atoms in total. The van der Waals surface area contributed by atoms with Crippen LogP contribution >= 0.6 is 23.2 Å². The quantitative estimate of drug-likeness (QED) is 0.917. The lowest BCUT2D eigenvalue weighted by Crippen LogP contribution is -2.00. The number of nitrogens with zero attached hydrogens (tertiary/aromatic N) is 1. The molecule has 1 aromatic carbocycles. The third kappa shape index (κ3) is 3.45. The molecule has 0 fully saturated rings. The molecule has 0 aliphatic rings. The largest absolute Gasteiger partial charge is 0.388 e. The minimum Gasteiger partial charge on any atom is -0.388 e. The van der Waals surface area contributed by atoms with Crippen molar-refractivity contribution in [3.63, 3.8) is 0 Å². The number of hydrogen-bond acceptors (Lipinski definition) is 2. The number of rotatable bonds is 4. The van der Waals surface area contributed by atoms with E-state index in [9.17, 15) is 5.11 Å². The van der Waals surface area contributed by atoms with Crippen molar-refractivity contribution >= 4 is 23.2 Å². The first-order chi connectivity index (χ1) is 8.66. The zero-order valence-electron chi connectivity index (χ0n) is 9.68. The smallest absolute Gasteiger partial charge is 0.0793 e. The first kappa shape index (κ1) is 13.3. The molecule has 0 saturated heterocycles. The molecule has 0 amide bonds. The van der Waals surface area contributed by atoms with Gasteiger partial charge in [-0.1, -0.05) is 35.3 Å². The van der Waals surface area contributed by atoms with Crippen molar-refractivity contribution in [2.75, 3.05) is 0 Å². The molecule has 0 aliphatic heterocycles. The first-order valence-electron chi connectivity index (χ1n) is 5.69. The van der Waals surface area contributed by atoms with Crippen LogP contribution in [0.3, 0.4) is 0 Å². The lowest BCUT2D eigenvalue weighted by Gasteiger charge is -2.11. The van der Waals surface area contributed by atoms with Gasteiger partial charge in [0.15, 0.2) is 0 Å². The minimum absolute atomic E-state index is 0.467. The maximum atomic E-state index is 10.1. The summed E-state index contributed by atoms with van der Waals surface area (Å²) in [5.41, 5.74) is 1.89. The van der Waals surface area contributed by atoms with Crippen molar-refractivity contribution < 1.29 is 5.11 Å². The Morgan fingerprint density at radius 3 is 2.67 bits per heavy atom. The molecule has 94 valence electrons. The second-order valence-electron chi connectivity index (χ2n) is 4.09. The molecule has 0 aliphatic carbocycles. The summed E-state index contributed by atoms with van der Waals surface area (Å²) in [6.07, 6.45) is 4.40. The summed E-state index contributed by atoms with van der Waals surface area (Å²) in [6.45, 7) is 0. The lowest BCUT2D eigenvalue weighted by atomic mass is 10.0. The van der Waals surface area contributed by atoms with E-state index in [4.69, 9.17) is 23.2 Å². The fourth-order valence-corrected chi connectivity index (χ4v) is 2.04. The normalized spacial score (nSPS) is 12.4. The van der Waals surface area contributed by atoms with Crippen molar-refractivity contribution in [1.82, 2.24) is 4.98 Å². The summed E-state index contributed by atoms with van der Waals surface area (Å²) in [5, 5.41) is 11.0. The molecule has 2 rings (SSSR count). The number of aromatic nitrogens is 1. The van der Waals surface area contributed by atoms with Crippen molar-refractivity contribution in [1.29, 1.82) is 0 Å². The third-order valence-corrected chi connectivity index (χ3v) is 3.50. The van der Waals surface area contributed by atoms with Crippen LogP contribution in [-0.2, 0) is 6.42 Å². The average molecular weight is 282 g/mol. The Bertz CT molecular complexity index is 516. The lowest BCUT2D eigenvalue weighted by molar-refractivity contribution is 0.168. The number of pyridine rings is 1. The van der Waals surface area contributed by atoms with Crippen molar-refractivity contribution in [3.05, 3.63) is 63.9 Å². The summed E-state index contributed by atoms with van der Waals surface area (Å²) in [4.78, 5) is 4.04. The number of hydrogen-bond donors (Lipinski definition) is 1. The predicted octanol–water partition coefficient (Wildman–Crippen LogP) is 4.05. The molecule has 18 heavy (non-hydrogen) atoms. The highest BCUT2D eigenvalue weighted by atomic mass is 35.5. The Morgan fingerprint density at radius 2 is 2.00 bits per heavy atom. The van der Waals surface area contributed by atoms with E-state index in [1.54, 1.807) is 24.4 Å². The maximum absolute atomic E-state index is 10.1. The van der Waals surface area contributed by atoms with Gasteiger partial charge < -0.3 is 5.11 Å². The van der Waals surface area contributed by atoms with Crippen LogP contribution < -0.4 is 0 Å². The van der Waals surface area contributed by atoms with Gasteiger partial charge in [0.2, 0.25) is 0 Å². The second kappa shape index (κ2) is 6.19. The SMILES string of the molecule is OC(CCc1cccnc1)c1ccc(Cl)c(Cl)c1. The van der Waals surface area contributed by atoms with Gasteiger partial charge in [0.05, 0.1) is 16.1 Å². The van der Waals surface area contributed by atoms with E-state index < -0.39 is 6.10 Å². The summed E-state index contributed by atoms with van der Waals surface area (Å²) in [5.74, 6) is 0. The highest BCUT2D eigenvalue weighted by Crippen LogP contribution is 2.27. The fraction of sp³-hybridized carbons (Fsp3) is 0.214. The van der Waals surface area contributed by atoms with Crippen molar-refractivity contribution in [2.45, 2.75) is 18.9 Å². The van der Waals surface area contributed by atoms with E-state index in [1.807, 2.05) is 18.3 Å². The molecule has 1 atom stereocenters. The van der Waals surface area contributed by atoms with Crippen molar-refractivity contribution in [3.8, 4) is 0 Å². The maximum Gasteiger partial charge on any atom is 0.0793 e. The predicted molar refractivity (Wildman–Crippen MR) is 74.0 cm³/mol. The third-order valence-electron chi connectivity index (χ3n) is 2.76. The number of aliphatic hydroxyl groups is 1. The zero-order valence-corrected chi connectivity index (χ0v) is 11.2. The molecule has 1 heterocycles. The van der Waals surface area contributed by atoms with Crippen LogP contribution in [0.5, 0.6) is 0 Å². The van der Waals surface area contributed by atoms with Crippen LogP contribution in [0.15, 0.2) is 42.7 Å². The molecular weight excluding hydrogens is 269 g/mol. The topological polar surface area (TPSA) is 33.1 Å². The van der Waals surface area contributed by atoms with Gasteiger partial charge >= 0.3 is 0 Å². The van der Waals surface area contributed by atoms with Crippen LogP contribution in [0.4, 0.5) is 0 Å². The molecule has 1 N–H and O–H groups in total. The molecular formula is C14H13Cl2NO. The van der Waals surface area contributed by atoms with Crippen molar-refractivity contribution in [2.24, 2.45) is 0 Å². The number of aryl methyl sites for hydroxylation is 1. The molecule has 1 unspecified atom stereocenters. The Balaban J connectivity index is 1.99. The van der Waals surface area contributed by atoms with Crippen LogP contribution in [-0.4, -0.2) is 10.1 Å². The number of benzene rings is 1. The second-order valence-corrected chi connectivity index (χ2v) is 4.90. The van der Waals surface area contributed by atoms with Gasteiger partial charge in [-0.25, -0.2) is 0 Å². The number of halogens is 2. The Morgan fingerprint density at radius 1 is 1.17 bits per heavy atom. The Hall–Kier alpha value is -1.09. The highest BCUT2D eigenvalue weighted by Gasteiger charge is 2.09. The molecule has 4 heteroatoms. The van der Waals surface area contributed by atoms with Gasteiger partial charge in [-0.3, -0.25) is 4.98 Å². The van der Waals surface area contributed by atoms with Gasteiger partial charge in [0.25, 0.3) is 0 Å². The highest BCUT2D eigenvalue weighted by molar-refractivity contribution is 6.42. The first-order valence-corrected chi connectivity index (χ1v) is 6.44. The summed E-state index contributed by atoms with van der Waals surface area (Å²) >= 11 is 11.8. The van der Waals surface area contributed by atoms with Crippen LogP contribution in [0.25, 0.3) is 0 Å². The standard InChI is InChI=1S/C14H13Cl2NO/c15-12-5-4-11(8-13(12)16)14(18)6-3-10-2-1-7-17-9-10/h1-2,4-5,7-9,14,18H,3,6H2. The molecule has 1 aromatic heterocycles. The molecule has 0 radical (unpaired) electrons. The average Bonchev–Trinajstić information content (AvgIpc) is 2.40. The number of aliphatic hydroxyl groups excluding tert-OH is 1. The van der Waals surface area contributed by atoms with E-state index in [2.05, 4.69) is 4.98 Å². The van der Waals surface area contributed by atoms with Gasteiger partial charge in [-0.15, -0.1) is 0 Å². The van der Waals surface area contributed by atoms with E-state index in [0.717, 1.165) is 17.5 Å². The van der Waals surface area contributed by atoms with E-state index in [0.29, 0.717) is 16.5 Å². The van der Waals surface area contributed by atoms with Gasteiger partial charge in [0.1, 0.15) is 0 Å². The van der Waals surface area contributed by atoms with E-state index >= 15 is 0 Å². The van der Waals surface area contributed by atoms with E-state index in [-0.39, 0.29) is 0 Å². The van der Waals surface area contributed by atoms with Gasteiger partial charge in [-0.2, -0.15) is 0 Å². The molecule has 2 aromatic rings. The van der Waals surface area contributed by atoms with Crippen LogP contribution in [0.1, 0.15) is 23.7 Å². The summed E-state index contributed by atoms with van der Waals surface area (Å²) < 4.78 is 0. The Labute approximate surface area is 116 Å². The molecule has 0 bridgehead atoms. The minimum atomic E-state index is -0.542. The van der Waals surface area contributed by atoms with Crippen LogP contribution in [0.2, 0.25) is 10.0 Å². The monoisotopic (exact) mass is 281 g/mol. The van der Waals surface area contributed by atoms with E-state index in [1.165, 1.54) is 0 Å². The fourth-order valence-electron chi connectivity index (χ4n) is 1.74. The van der Waals surface area contributed by atoms with Crippen LogP contribution in [0, 0.1) is 0 Å². The van der Waals surface area contributed by atoms with Gasteiger partial charge in [-0.05, 0) is 42.2 Å². The molecule has 0 spiro atoms. The molecule has 0 saturated carbocycles. The summed E-state index contributed by atoms with van der Waals surface area (Å²) in [7, 11) is 0. The zero-order chi connectivity index (χ0) is 13.0. The summed E-state index contributed by atoms with van der Waals surface area (Å²) in [6, 6.07) is 9.09. The Kier molecular flexibility index (Phi) is 4.59.